The van der Waals surface area contributed by atoms with Gasteiger partial charge in [0.05, 0.1) is 12.8 Å². The lowest BCUT2D eigenvalue weighted by atomic mass is 10.0. The Morgan fingerprint density at radius 3 is 3.00 bits per heavy atom. The van der Waals surface area contributed by atoms with Gasteiger partial charge in [-0.15, -0.1) is 0 Å². The molecular weight excluding hydrogens is 208 g/mol. The van der Waals surface area contributed by atoms with Crippen molar-refractivity contribution < 1.29 is 14.6 Å². The Labute approximate surface area is 93.7 Å². The highest BCUT2D eigenvalue weighted by Gasteiger charge is 2.20. The van der Waals surface area contributed by atoms with Crippen molar-refractivity contribution in [2.45, 2.75) is 13.0 Å². The van der Waals surface area contributed by atoms with Gasteiger partial charge in [-0.1, -0.05) is 0 Å². The van der Waals surface area contributed by atoms with Crippen molar-refractivity contribution in [3.05, 3.63) is 22.9 Å². The molecule has 16 heavy (non-hydrogen) atoms. The number of rotatable bonds is 2. The van der Waals surface area contributed by atoms with Crippen LogP contribution in [0.25, 0.3) is 0 Å². The highest BCUT2D eigenvalue weighted by molar-refractivity contribution is 5.90. The summed E-state index contributed by atoms with van der Waals surface area (Å²) >= 11 is 0. The molecule has 2 heterocycles. The lowest BCUT2D eigenvalue weighted by Crippen LogP contribution is -2.28. The number of fused-ring (bicyclic) bond motifs is 1. The molecule has 2 rings (SSSR count). The van der Waals surface area contributed by atoms with Crippen molar-refractivity contribution >= 4 is 5.97 Å². The first-order valence-electron chi connectivity index (χ1n) is 5.10. The van der Waals surface area contributed by atoms with Crippen LogP contribution in [0.15, 0.2) is 6.07 Å². The smallest absolute Gasteiger partial charge is 0.341 e. The summed E-state index contributed by atoms with van der Waals surface area (Å²) < 4.78 is 5.00. The van der Waals surface area contributed by atoms with Gasteiger partial charge in [0, 0.05) is 13.1 Å². The normalized spacial score (nSPS) is 15.6. The molecule has 0 amide bonds. The van der Waals surface area contributed by atoms with Crippen LogP contribution in [0.4, 0.5) is 0 Å². The summed E-state index contributed by atoms with van der Waals surface area (Å²) in [5.41, 5.74) is 2.07. The van der Waals surface area contributed by atoms with Crippen LogP contribution in [0.1, 0.15) is 21.6 Å². The fourth-order valence-electron chi connectivity index (χ4n) is 1.88. The molecular formula is C11H14N2O3. The molecule has 1 aromatic heterocycles. The predicted molar refractivity (Wildman–Crippen MR) is 57.8 cm³/mol. The van der Waals surface area contributed by atoms with E-state index < -0.39 is 5.97 Å². The van der Waals surface area contributed by atoms with Gasteiger partial charge in [0.25, 0.3) is 0 Å². The Morgan fingerprint density at radius 1 is 1.62 bits per heavy atom. The zero-order valence-electron chi connectivity index (χ0n) is 9.36. The van der Waals surface area contributed by atoms with Gasteiger partial charge in [0.2, 0.25) is 5.88 Å². The van der Waals surface area contributed by atoms with E-state index in [9.17, 15) is 4.79 Å². The lowest BCUT2D eigenvalue weighted by Gasteiger charge is -2.24. The van der Waals surface area contributed by atoms with E-state index in [1.54, 1.807) is 6.07 Å². The number of carboxylic acids is 1. The van der Waals surface area contributed by atoms with Crippen molar-refractivity contribution in [1.29, 1.82) is 0 Å². The quantitative estimate of drug-likeness (QED) is 0.801. The van der Waals surface area contributed by atoms with Crippen molar-refractivity contribution in [2.24, 2.45) is 0 Å². The van der Waals surface area contributed by atoms with E-state index in [1.165, 1.54) is 7.11 Å². The summed E-state index contributed by atoms with van der Waals surface area (Å²) in [6, 6.07) is 1.68. The van der Waals surface area contributed by atoms with Crippen LogP contribution in [0.3, 0.4) is 0 Å². The highest BCUT2D eigenvalue weighted by atomic mass is 16.5. The molecule has 0 atom stereocenters. The van der Waals surface area contributed by atoms with Crippen LogP contribution in [0.2, 0.25) is 0 Å². The van der Waals surface area contributed by atoms with E-state index in [0.29, 0.717) is 0 Å². The first-order chi connectivity index (χ1) is 7.61. The van der Waals surface area contributed by atoms with Gasteiger partial charge >= 0.3 is 5.97 Å². The standard InChI is InChI=1S/C11H14N2O3/c1-13-4-3-7-5-8(11(14)15)10(16-2)12-9(7)6-13/h5H,3-4,6H2,1-2H3,(H,14,15). The third-order valence-electron chi connectivity index (χ3n) is 2.76. The molecule has 0 aliphatic carbocycles. The highest BCUT2D eigenvalue weighted by Crippen LogP contribution is 2.23. The zero-order chi connectivity index (χ0) is 11.7. The van der Waals surface area contributed by atoms with E-state index in [-0.39, 0.29) is 11.4 Å². The van der Waals surface area contributed by atoms with E-state index >= 15 is 0 Å². The number of carbonyl (C=O) groups is 1. The van der Waals surface area contributed by atoms with Gasteiger partial charge in [0.1, 0.15) is 5.56 Å². The summed E-state index contributed by atoms with van der Waals surface area (Å²) in [5.74, 6) is -0.798. The van der Waals surface area contributed by atoms with Crippen molar-refractivity contribution in [3.8, 4) is 5.88 Å². The van der Waals surface area contributed by atoms with Gasteiger partial charge in [-0.2, -0.15) is 0 Å². The van der Waals surface area contributed by atoms with Crippen LogP contribution in [0.5, 0.6) is 5.88 Å². The monoisotopic (exact) mass is 222 g/mol. The van der Waals surface area contributed by atoms with Gasteiger partial charge in [-0.25, -0.2) is 9.78 Å². The maximum atomic E-state index is 11.0. The summed E-state index contributed by atoms with van der Waals surface area (Å²) in [6.45, 7) is 1.67. The molecule has 0 radical (unpaired) electrons. The Hall–Kier alpha value is -1.62. The maximum Gasteiger partial charge on any atom is 0.341 e. The van der Waals surface area contributed by atoms with Crippen molar-refractivity contribution in [3.63, 3.8) is 0 Å². The number of pyridine rings is 1. The minimum atomic E-state index is -0.994. The molecule has 0 saturated carbocycles. The Kier molecular flexibility index (Phi) is 2.78. The Bertz CT molecular complexity index is 431. The molecule has 0 fully saturated rings. The third kappa shape index (κ3) is 1.86. The fourth-order valence-corrected chi connectivity index (χ4v) is 1.88. The minimum absolute atomic E-state index is 0.144. The second kappa shape index (κ2) is 4.09. The number of ether oxygens (including phenoxy) is 1. The van der Waals surface area contributed by atoms with Crippen LogP contribution in [-0.4, -0.2) is 41.7 Å². The lowest BCUT2D eigenvalue weighted by molar-refractivity contribution is 0.0692. The van der Waals surface area contributed by atoms with Crippen molar-refractivity contribution in [1.82, 2.24) is 9.88 Å². The largest absolute Gasteiger partial charge is 0.480 e. The predicted octanol–water partition coefficient (Wildman–Crippen LogP) is 0.776. The molecule has 0 aromatic carbocycles. The van der Waals surface area contributed by atoms with Crippen molar-refractivity contribution in [2.75, 3.05) is 20.7 Å². The topological polar surface area (TPSA) is 62.7 Å². The molecule has 0 saturated heterocycles. The molecule has 1 aromatic rings. The molecule has 0 unspecified atom stereocenters. The van der Waals surface area contributed by atoms with E-state index in [2.05, 4.69) is 9.88 Å². The zero-order valence-corrected chi connectivity index (χ0v) is 9.36. The summed E-state index contributed by atoms with van der Waals surface area (Å²) in [4.78, 5) is 17.4. The van der Waals surface area contributed by atoms with Gasteiger partial charge in [0.15, 0.2) is 0 Å². The summed E-state index contributed by atoms with van der Waals surface area (Å²) in [5, 5.41) is 9.02. The molecule has 86 valence electrons. The number of aromatic carboxylic acids is 1. The number of carboxylic acid groups (broad SMARTS) is 1. The van der Waals surface area contributed by atoms with Crippen LogP contribution >= 0.6 is 0 Å². The molecule has 1 N–H and O–H groups in total. The van der Waals surface area contributed by atoms with Gasteiger partial charge < -0.3 is 14.7 Å². The van der Waals surface area contributed by atoms with E-state index in [0.717, 1.165) is 30.8 Å². The molecule has 1 aliphatic heterocycles. The molecule has 5 nitrogen and oxygen atoms in total. The number of likely N-dealkylation sites (N-methyl/N-ethyl adjacent to an activating group) is 1. The summed E-state index contributed by atoms with van der Waals surface area (Å²) in [6.07, 6.45) is 0.836. The van der Waals surface area contributed by atoms with Gasteiger partial charge in [-0.3, -0.25) is 0 Å². The fraction of sp³-hybridized carbons (Fsp3) is 0.455. The SMILES string of the molecule is COc1nc2c(cc1C(=O)O)CCN(C)C2. The number of hydrogen-bond acceptors (Lipinski definition) is 4. The second-order valence-electron chi connectivity index (χ2n) is 3.94. The van der Waals surface area contributed by atoms with Crippen LogP contribution < -0.4 is 4.74 Å². The molecule has 0 spiro atoms. The average molecular weight is 222 g/mol. The first-order valence-corrected chi connectivity index (χ1v) is 5.10. The van der Waals surface area contributed by atoms with E-state index in [1.807, 2.05) is 7.05 Å². The molecule has 5 heteroatoms. The summed E-state index contributed by atoms with van der Waals surface area (Å²) in [7, 11) is 3.45. The Balaban J connectivity index is 2.48. The maximum absolute atomic E-state index is 11.0. The van der Waals surface area contributed by atoms with E-state index in [4.69, 9.17) is 9.84 Å². The molecule has 1 aliphatic rings. The third-order valence-corrected chi connectivity index (χ3v) is 2.76. The second-order valence-corrected chi connectivity index (χ2v) is 3.94. The number of nitrogens with zero attached hydrogens (tertiary/aromatic N) is 2. The average Bonchev–Trinajstić information content (AvgIpc) is 2.26. The number of methoxy groups -OCH3 is 1. The van der Waals surface area contributed by atoms with Gasteiger partial charge in [-0.05, 0) is 25.1 Å². The number of aromatic nitrogens is 1. The molecule has 0 bridgehead atoms. The first kappa shape index (κ1) is 10.9. The van der Waals surface area contributed by atoms with Crippen LogP contribution in [0, 0.1) is 0 Å². The minimum Gasteiger partial charge on any atom is -0.480 e. The number of hydrogen-bond donors (Lipinski definition) is 1. The Morgan fingerprint density at radius 2 is 2.38 bits per heavy atom. The van der Waals surface area contributed by atoms with Crippen LogP contribution in [-0.2, 0) is 13.0 Å².